The van der Waals surface area contributed by atoms with Crippen molar-refractivity contribution in [2.75, 3.05) is 26.4 Å². The molecule has 0 atom stereocenters. The van der Waals surface area contributed by atoms with Crippen molar-refractivity contribution in [3.05, 3.63) is 83.4 Å². The molecule has 0 bridgehead atoms. The smallest absolute Gasteiger partial charge is 0.338 e. The number of hydrogen-bond donors (Lipinski definition) is 0. The lowest BCUT2D eigenvalue weighted by Gasteiger charge is -2.11. The van der Waals surface area contributed by atoms with E-state index in [0.29, 0.717) is 24.5 Å². The Morgan fingerprint density at radius 1 is 0.722 bits per heavy atom. The van der Waals surface area contributed by atoms with Gasteiger partial charge in [0.05, 0.1) is 49.2 Å². The third-order valence-corrected chi connectivity index (χ3v) is 5.18. The molecule has 0 aliphatic rings. The third-order valence-electron chi connectivity index (χ3n) is 5.18. The fraction of sp³-hybridized carbons (Fsp3) is 0.276. The minimum Gasteiger partial charge on any atom is -0.494 e. The molecule has 0 spiro atoms. The van der Waals surface area contributed by atoms with Crippen molar-refractivity contribution in [2.45, 2.75) is 26.7 Å². The van der Waals surface area contributed by atoms with Crippen LogP contribution in [0.2, 0.25) is 0 Å². The molecule has 36 heavy (non-hydrogen) atoms. The molecular formula is C29H29NO6. The second-order valence-corrected chi connectivity index (χ2v) is 7.81. The number of rotatable bonds is 12. The first-order valence-corrected chi connectivity index (χ1v) is 11.9. The van der Waals surface area contributed by atoms with Gasteiger partial charge in [0.25, 0.3) is 0 Å². The van der Waals surface area contributed by atoms with E-state index in [0.717, 1.165) is 29.7 Å². The van der Waals surface area contributed by atoms with Crippen LogP contribution in [0.25, 0.3) is 11.1 Å². The van der Waals surface area contributed by atoms with Crippen LogP contribution in [0.4, 0.5) is 0 Å². The van der Waals surface area contributed by atoms with E-state index < -0.39 is 11.9 Å². The molecule has 186 valence electrons. The lowest BCUT2D eigenvalue weighted by atomic mass is 10.0. The monoisotopic (exact) mass is 487 g/mol. The fourth-order valence-electron chi connectivity index (χ4n) is 3.44. The molecule has 7 nitrogen and oxygen atoms in total. The number of carbonyl (C=O) groups excluding carboxylic acids is 2. The van der Waals surface area contributed by atoms with Crippen LogP contribution in [0.1, 0.15) is 53.0 Å². The molecular weight excluding hydrogens is 458 g/mol. The second-order valence-electron chi connectivity index (χ2n) is 7.81. The molecule has 0 unspecified atom stereocenters. The number of esters is 2. The SMILES string of the molecule is CCOC(=O)c1cc(OCCCCOc2ccc(-c3cccc(C#N)c3)cc2)cc(C(=O)OCC)c1. The first-order chi connectivity index (χ1) is 17.5. The van der Waals surface area contributed by atoms with Gasteiger partial charge in [-0.05, 0) is 80.3 Å². The van der Waals surface area contributed by atoms with Gasteiger partial charge in [-0.1, -0.05) is 24.3 Å². The summed E-state index contributed by atoms with van der Waals surface area (Å²) in [6, 6.07) is 21.9. The largest absolute Gasteiger partial charge is 0.494 e. The minimum absolute atomic E-state index is 0.232. The summed E-state index contributed by atoms with van der Waals surface area (Å²) in [5.41, 5.74) is 3.10. The summed E-state index contributed by atoms with van der Waals surface area (Å²) in [5.74, 6) is 0.120. The van der Waals surface area contributed by atoms with Crippen LogP contribution in [0.15, 0.2) is 66.7 Å². The molecule has 0 radical (unpaired) electrons. The van der Waals surface area contributed by atoms with Gasteiger partial charge in [0.15, 0.2) is 0 Å². The molecule has 0 N–H and O–H groups in total. The van der Waals surface area contributed by atoms with E-state index in [1.807, 2.05) is 42.5 Å². The summed E-state index contributed by atoms with van der Waals surface area (Å²) < 4.78 is 21.7. The maximum atomic E-state index is 12.2. The molecule has 0 aliphatic carbocycles. The molecule has 0 fully saturated rings. The van der Waals surface area contributed by atoms with Gasteiger partial charge in [-0.3, -0.25) is 0 Å². The van der Waals surface area contributed by atoms with Gasteiger partial charge in [-0.25, -0.2) is 9.59 Å². The zero-order valence-electron chi connectivity index (χ0n) is 20.5. The summed E-state index contributed by atoms with van der Waals surface area (Å²) in [4.78, 5) is 24.3. The first kappa shape index (κ1) is 26.3. The standard InChI is InChI=1S/C29H29NO6/c1-3-33-28(31)24-17-25(29(32)34-4-2)19-27(18-24)36-15-6-5-14-35-26-12-10-22(11-13-26)23-9-7-8-21(16-23)20-30/h7-13,16-19H,3-6,14-15H2,1-2H3. The molecule has 0 amide bonds. The molecule has 0 saturated carbocycles. The Morgan fingerprint density at radius 3 is 1.86 bits per heavy atom. The Morgan fingerprint density at radius 2 is 1.31 bits per heavy atom. The highest BCUT2D eigenvalue weighted by Gasteiger charge is 2.15. The van der Waals surface area contributed by atoms with Crippen LogP contribution in [0.3, 0.4) is 0 Å². The van der Waals surface area contributed by atoms with Gasteiger partial charge >= 0.3 is 11.9 Å². The molecule has 7 heteroatoms. The Labute approximate surface area is 211 Å². The minimum atomic E-state index is -0.523. The molecule has 0 heterocycles. The second kappa shape index (κ2) is 13.5. The Kier molecular flexibility index (Phi) is 9.89. The molecule has 0 saturated heterocycles. The van der Waals surface area contributed by atoms with Crippen LogP contribution >= 0.6 is 0 Å². The first-order valence-electron chi connectivity index (χ1n) is 11.9. The third kappa shape index (κ3) is 7.60. The van der Waals surface area contributed by atoms with E-state index in [1.165, 1.54) is 6.07 Å². The van der Waals surface area contributed by atoms with Gasteiger partial charge in [0, 0.05) is 0 Å². The summed E-state index contributed by atoms with van der Waals surface area (Å²) in [5, 5.41) is 9.07. The van der Waals surface area contributed by atoms with E-state index in [9.17, 15) is 9.59 Å². The summed E-state index contributed by atoms with van der Waals surface area (Å²) in [6.45, 7) is 4.81. The molecule has 0 aromatic heterocycles. The van der Waals surface area contributed by atoms with E-state index in [4.69, 9.17) is 24.2 Å². The lowest BCUT2D eigenvalue weighted by Crippen LogP contribution is -2.10. The topological polar surface area (TPSA) is 94.9 Å². The van der Waals surface area contributed by atoms with Crippen molar-refractivity contribution >= 4 is 11.9 Å². The van der Waals surface area contributed by atoms with Crippen LogP contribution in [0, 0.1) is 11.3 Å². The number of hydrogen-bond acceptors (Lipinski definition) is 7. The Balaban J connectivity index is 1.48. The maximum absolute atomic E-state index is 12.2. The summed E-state index contributed by atoms with van der Waals surface area (Å²) >= 11 is 0. The highest BCUT2D eigenvalue weighted by Crippen LogP contribution is 2.24. The van der Waals surface area contributed by atoms with E-state index in [2.05, 4.69) is 6.07 Å². The quantitative estimate of drug-likeness (QED) is 0.235. The van der Waals surface area contributed by atoms with Crippen molar-refractivity contribution in [3.8, 4) is 28.7 Å². The predicted molar refractivity (Wildman–Crippen MR) is 135 cm³/mol. The fourth-order valence-corrected chi connectivity index (χ4v) is 3.44. The van der Waals surface area contributed by atoms with Gasteiger partial charge in [0.1, 0.15) is 11.5 Å². The molecule has 3 aromatic rings. The number of nitrogens with zero attached hydrogens (tertiary/aromatic N) is 1. The van der Waals surface area contributed by atoms with Crippen LogP contribution < -0.4 is 9.47 Å². The van der Waals surface area contributed by atoms with E-state index in [-0.39, 0.29) is 24.3 Å². The number of benzene rings is 3. The highest BCUT2D eigenvalue weighted by atomic mass is 16.5. The predicted octanol–water partition coefficient (Wildman–Crippen LogP) is 5.82. The molecule has 3 aromatic carbocycles. The average Bonchev–Trinajstić information content (AvgIpc) is 2.91. The van der Waals surface area contributed by atoms with Gasteiger partial charge in [-0.15, -0.1) is 0 Å². The van der Waals surface area contributed by atoms with Crippen molar-refractivity contribution in [3.63, 3.8) is 0 Å². The van der Waals surface area contributed by atoms with Gasteiger partial charge in [-0.2, -0.15) is 5.26 Å². The Hall–Kier alpha value is -4.31. The maximum Gasteiger partial charge on any atom is 0.338 e. The summed E-state index contributed by atoms with van der Waals surface area (Å²) in [7, 11) is 0. The van der Waals surface area contributed by atoms with Gasteiger partial charge < -0.3 is 18.9 Å². The zero-order chi connectivity index (χ0) is 25.8. The lowest BCUT2D eigenvalue weighted by molar-refractivity contribution is 0.0524. The van der Waals surface area contributed by atoms with Crippen LogP contribution in [-0.2, 0) is 9.47 Å². The Bertz CT molecular complexity index is 1180. The average molecular weight is 488 g/mol. The number of carbonyl (C=O) groups is 2. The molecule has 0 aliphatic heterocycles. The van der Waals surface area contributed by atoms with Crippen molar-refractivity contribution < 1.29 is 28.5 Å². The van der Waals surface area contributed by atoms with Crippen molar-refractivity contribution in [2.24, 2.45) is 0 Å². The normalized spacial score (nSPS) is 10.2. The number of nitriles is 1. The van der Waals surface area contributed by atoms with Crippen molar-refractivity contribution in [1.29, 1.82) is 5.26 Å². The highest BCUT2D eigenvalue weighted by molar-refractivity contribution is 5.96. The zero-order valence-corrected chi connectivity index (χ0v) is 20.5. The number of unbranched alkanes of at least 4 members (excludes halogenated alkanes) is 1. The van der Waals surface area contributed by atoms with Gasteiger partial charge in [0.2, 0.25) is 0 Å². The van der Waals surface area contributed by atoms with E-state index >= 15 is 0 Å². The van der Waals surface area contributed by atoms with Crippen LogP contribution in [-0.4, -0.2) is 38.4 Å². The molecule has 3 rings (SSSR count). The summed E-state index contributed by atoms with van der Waals surface area (Å²) in [6.07, 6.45) is 1.48. The van der Waals surface area contributed by atoms with Crippen LogP contribution in [0.5, 0.6) is 11.5 Å². The number of ether oxygens (including phenoxy) is 4. The van der Waals surface area contributed by atoms with Crippen molar-refractivity contribution in [1.82, 2.24) is 0 Å². The van der Waals surface area contributed by atoms with E-state index in [1.54, 1.807) is 32.0 Å².